The van der Waals surface area contributed by atoms with E-state index in [0.29, 0.717) is 24.5 Å². The molecule has 1 aromatic carbocycles. The average molecular weight is 507 g/mol. The van der Waals surface area contributed by atoms with E-state index in [-0.39, 0.29) is 18.4 Å². The van der Waals surface area contributed by atoms with Crippen molar-refractivity contribution in [3.63, 3.8) is 0 Å². The molecule has 1 amide bonds. The van der Waals surface area contributed by atoms with E-state index in [4.69, 9.17) is 9.72 Å². The number of aromatic amines is 2. The quantitative estimate of drug-likeness (QED) is 0.228. The van der Waals surface area contributed by atoms with Gasteiger partial charge in [-0.3, -0.25) is 9.59 Å². The van der Waals surface area contributed by atoms with Crippen molar-refractivity contribution in [2.45, 2.75) is 103 Å². The van der Waals surface area contributed by atoms with Gasteiger partial charge in [0.1, 0.15) is 17.4 Å². The predicted octanol–water partition coefficient (Wildman–Crippen LogP) is 6.59. The number of fused-ring (bicyclic) bond motifs is 1. The second-order valence-corrected chi connectivity index (χ2v) is 10.5. The Kier molecular flexibility index (Phi) is 9.42. The van der Waals surface area contributed by atoms with Crippen LogP contribution in [0.4, 0.5) is 0 Å². The Morgan fingerprint density at radius 1 is 1.14 bits per heavy atom. The lowest BCUT2D eigenvalue weighted by atomic mass is 9.87. The second-order valence-electron chi connectivity index (χ2n) is 10.5. The second kappa shape index (κ2) is 12.9. The summed E-state index contributed by atoms with van der Waals surface area (Å²) in [6.07, 6.45) is 13.4. The average Bonchev–Trinajstić information content (AvgIpc) is 3.53. The number of aryl methyl sites for hydroxylation is 1. The third kappa shape index (κ3) is 7.02. The molecule has 3 aromatic rings. The first-order valence-electron chi connectivity index (χ1n) is 14.0. The summed E-state index contributed by atoms with van der Waals surface area (Å²) in [6, 6.07) is 5.73. The SMILES string of the molecule is CCC(=O)CCCCCC(NC(=O)Cc1c(C)[nH]c2ccc(OC)cc12)c1ncc(C2CCCCC2)[nH]1. The van der Waals surface area contributed by atoms with Crippen molar-refractivity contribution >= 4 is 22.6 Å². The van der Waals surface area contributed by atoms with Crippen LogP contribution in [0.1, 0.15) is 112 Å². The minimum Gasteiger partial charge on any atom is -0.497 e. The number of amides is 1. The van der Waals surface area contributed by atoms with E-state index in [2.05, 4.69) is 15.3 Å². The number of H-pyrrole nitrogens is 2. The van der Waals surface area contributed by atoms with Gasteiger partial charge in [0.05, 0.1) is 19.6 Å². The van der Waals surface area contributed by atoms with Gasteiger partial charge < -0.3 is 20.0 Å². The van der Waals surface area contributed by atoms with E-state index < -0.39 is 0 Å². The predicted molar refractivity (Wildman–Crippen MR) is 147 cm³/mol. The van der Waals surface area contributed by atoms with Crippen molar-refractivity contribution in [2.24, 2.45) is 0 Å². The van der Waals surface area contributed by atoms with Gasteiger partial charge in [0.15, 0.2) is 0 Å². The summed E-state index contributed by atoms with van der Waals surface area (Å²) in [4.78, 5) is 36.7. The summed E-state index contributed by atoms with van der Waals surface area (Å²) in [5.41, 5.74) is 4.18. The maximum Gasteiger partial charge on any atom is 0.225 e. The van der Waals surface area contributed by atoms with E-state index in [9.17, 15) is 9.59 Å². The molecule has 1 saturated carbocycles. The standard InChI is InChI=1S/C30H42N4O3/c1-4-22(35)13-9-6-10-14-27(30-31-19-28(34-30)21-11-7-5-8-12-21)33-29(36)18-24-20(2)32-26-16-15-23(37-3)17-25(24)26/h15-17,19,21,27,32H,4-14,18H2,1-3H3,(H,31,34)(H,33,36). The fourth-order valence-corrected chi connectivity index (χ4v) is 5.57. The molecule has 0 spiro atoms. The van der Waals surface area contributed by atoms with Crippen molar-refractivity contribution in [3.8, 4) is 5.75 Å². The smallest absolute Gasteiger partial charge is 0.225 e. The van der Waals surface area contributed by atoms with Crippen LogP contribution in [0, 0.1) is 6.92 Å². The Balaban J connectivity index is 1.45. The Bertz CT molecular complexity index is 1190. The van der Waals surface area contributed by atoms with Gasteiger partial charge in [-0.05, 0) is 56.4 Å². The summed E-state index contributed by atoms with van der Waals surface area (Å²) in [7, 11) is 1.65. The molecule has 2 heterocycles. The Hall–Kier alpha value is -3.09. The molecular weight excluding hydrogens is 464 g/mol. The number of hydrogen-bond donors (Lipinski definition) is 3. The molecule has 7 nitrogen and oxygen atoms in total. The molecule has 0 saturated heterocycles. The lowest BCUT2D eigenvalue weighted by Crippen LogP contribution is -2.30. The Morgan fingerprint density at radius 3 is 2.70 bits per heavy atom. The van der Waals surface area contributed by atoms with Crippen molar-refractivity contribution in [1.29, 1.82) is 0 Å². The molecule has 0 aliphatic heterocycles. The molecular formula is C30H42N4O3. The molecule has 1 atom stereocenters. The van der Waals surface area contributed by atoms with Gasteiger partial charge in [-0.1, -0.05) is 39.0 Å². The summed E-state index contributed by atoms with van der Waals surface area (Å²) in [6.45, 7) is 3.92. The molecule has 37 heavy (non-hydrogen) atoms. The summed E-state index contributed by atoms with van der Waals surface area (Å²) in [5, 5.41) is 4.29. The fraction of sp³-hybridized carbons (Fsp3) is 0.567. The number of unbranched alkanes of at least 4 members (excludes halogenated alkanes) is 2. The molecule has 0 bridgehead atoms. The number of Topliss-reactive ketones (excluding diaryl/α,β-unsaturated/α-hetero) is 1. The van der Waals surface area contributed by atoms with Crippen LogP contribution in [0.2, 0.25) is 0 Å². The topological polar surface area (TPSA) is 99.9 Å². The molecule has 2 aromatic heterocycles. The highest BCUT2D eigenvalue weighted by molar-refractivity contribution is 5.91. The van der Waals surface area contributed by atoms with Crippen molar-refractivity contribution < 1.29 is 14.3 Å². The van der Waals surface area contributed by atoms with Gasteiger partial charge in [0.2, 0.25) is 5.91 Å². The van der Waals surface area contributed by atoms with Crippen LogP contribution in [0.3, 0.4) is 0 Å². The van der Waals surface area contributed by atoms with Crippen LogP contribution < -0.4 is 10.1 Å². The van der Waals surface area contributed by atoms with Crippen molar-refractivity contribution in [1.82, 2.24) is 20.3 Å². The van der Waals surface area contributed by atoms with Gasteiger partial charge >= 0.3 is 0 Å². The summed E-state index contributed by atoms with van der Waals surface area (Å²) >= 11 is 0. The van der Waals surface area contributed by atoms with E-state index in [1.807, 2.05) is 38.2 Å². The van der Waals surface area contributed by atoms with Gasteiger partial charge in [-0.2, -0.15) is 0 Å². The number of aromatic nitrogens is 3. The van der Waals surface area contributed by atoms with Crippen LogP contribution in [0.25, 0.3) is 10.9 Å². The van der Waals surface area contributed by atoms with E-state index in [1.54, 1.807) is 7.11 Å². The zero-order valence-electron chi connectivity index (χ0n) is 22.6. The van der Waals surface area contributed by atoms with E-state index in [1.165, 1.54) is 37.8 Å². The van der Waals surface area contributed by atoms with Crippen molar-refractivity contribution in [3.05, 3.63) is 47.2 Å². The third-order valence-electron chi connectivity index (χ3n) is 7.83. The zero-order valence-corrected chi connectivity index (χ0v) is 22.6. The maximum atomic E-state index is 13.3. The molecule has 1 aliphatic rings. The Labute approximate surface area is 220 Å². The van der Waals surface area contributed by atoms with Gasteiger partial charge in [-0.15, -0.1) is 0 Å². The number of rotatable bonds is 13. The Morgan fingerprint density at radius 2 is 1.95 bits per heavy atom. The fourth-order valence-electron chi connectivity index (χ4n) is 5.57. The first-order chi connectivity index (χ1) is 18.0. The zero-order chi connectivity index (χ0) is 26.2. The summed E-state index contributed by atoms with van der Waals surface area (Å²) < 4.78 is 5.40. The number of ether oxygens (including phenoxy) is 1. The highest BCUT2D eigenvalue weighted by atomic mass is 16.5. The monoisotopic (exact) mass is 506 g/mol. The van der Waals surface area contributed by atoms with Crippen LogP contribution in [-0.4, -0.2) is 33.8 Å². The number of nitrogens with zero attached hydrogens (tertiary/aromatic N) is 1. The number of imidazole rings is 1. The number of nitrogens with one attached hydrogen (secondary N) is 3. The summed E-state index contributed by atoms with van der Waals surface area (Å²) in [5.74, 6) is 2.46. The number of carbonyl (C=O) groups excluding carboxylic acids is 2. The molecule has 3 N–H and O–H groups in total. The molecule has 200 valence electrons. The van der Waals surface area contributed by atoms with Gasteiger partial charge in [-0.25, -0.2) is 4.98 Å². The minimum absolute atomic E-state index is 0.0198. The highest BCUT2D eigenvalue weighted by Crippen LogP contribution is 2.32. The molecule has 1 fully saturated rings. The van der Waals surface area contributed by atoms with Gasteiger partial charge in [0, 0.05) is 47.2 Å². The first-order valence-corrected chi connectivity index (χ1v) is 14.0. The van der Waals surface area contributed by atoms with Crippen molar-refractivity contribution in [2.75, 3.05) is 7.11 Å². The lowest BCUT2D eigenvalue weighted by Gasteiger charge is -2.20. The molecule has 1 unspecified atom stereocenters. The highest BCUT2D eigenvalue weighted by Gasteiger charge is 2.23. The maximum absolute atomic E-state index is 13.3. The van der Waals surface area contributed by atoms with Crippen LogP contribution in [-0.2, 0) is 16.0 Å². The minimum atomic E-state index is -0.174. The molecule has 4 rings (SSSR count). The normalized spacial score (nSPS) is 15.1. The number of carbonyl (C=O) groups is 2. The number of ketones is 1. The number of methoxy groups -OCH3 is 1. The molecule has 1 aliphatic carbocycles. The third-order valence-corrected chi connectivity index (χ3v) is 7.83. The van der Waals surface area contributed by atoms with Crippen LogP contribution in [0.15, 0.2) is 24.4 Å². The largest absolute Gasteiger partial charge is 0.497 e. The van der Waals surface area contributed by atoms with Crippen LogP contribution >= 0.6 is 0 Å². The first kappa shape index (κ1) is 27.0. The molecule has 7 heteroatoms. The van der Waals surface area contributed by atoms with Gasteiger partial charge in [0.25, 0.3) is 0 Å². The number of benzene rings is 1. The molecule has 0 radical (unpaired) electrons. The van der Waals surface area contributed by atoms with E-state index >= 15 is 0 Å². The van der Waals surface area contributed by atoms with E-state index in [0.717, 1.165) is 59.4 Å². The lowest BCUT2D eigenvalue weighted by molar-refractivity contribution is -0.121. The number of hydrogen-bond acceptors (Lipinski definition) is 4. The van der Waals surface area contributed by atoms with Crippen LogP contribution in [0.5, 0.6) is 5.75 Å².